The van der Waals surface area contributed by atoms with Gasteiger partial charge >= 0.3 is 0 Å². The standard InChI is InChI=1S/C25H23ClF3N3O4S/c26-18-4-3-14(24(33)31-17-8-19(27)22(29)20(28)9-17)7-21(18)37(35,36)23-15-1-2-16(23)11-25(34,10-15)12-32-6-5-30-13-32/h3-9,13,15-16,23,34H,1-2,10-12H2,(H,31,33)/t15-,16?,23?,25?/m0/s1. The summed E-state index contributed by atoms with van der Waals surface area (Å²) in [6.45, 7) is 0.313. The van der Waals surface area contributed by atoms with Gasteiger partial charge in [-0.05, 0) is 55.7 Å². The van der Waals surface area contributed by atoms with Crippen LogP contribution in [0.4, 0.5) is 18.9 Å². The van der Waals surface area contributed by atoms with Crippen LogP contribution in [0.25, 0.3) is 0 Å². The van der Waals surface area contributed by atoms with Crippen molar-refractivity contribution in [3.8, 4) is 0 Å². The Labute approximate surface area is 216 Å². The number of halogens is 4. The first-order chi connectivity index (χ1) is 17.5. The second-order valence-corrected chi connectivity index (χ2v) is 12.3. The maximum atomic E-state index is 13.8. The highest BCUT2D eigenvalue weighted by Gasteiger charge is 2.54. The summed E-state index contributed by atoms with van der Waals surface area (Å²) in [4.78, 5) is 16.5. The van der Waals surface area contributed by atoms with Crippen molar-refractivity contribution in [3.63, 3.8) is 0 Å². The fraction of sp³-hybridized carbons (Fsp3) is 0.360. The predicted octanol–water partition coefficient (Wildman–Crippen LogP) is 4.60. The number of aliphatic hydroxyl groups is 1. The van der Waals surface area contributed by atoms with E-state index in [0.29, 0.717) is 44.4 Å². The molecule has 2 aliphatic rings. The minimum Gasteiger partial charge on any atom is -0.388 e. The molecule has 2 fully saturated rings. The number of amides is 1. The number of carbonyl (C=O) groups excluding carboxylic acids is 1. The van der Waals surface area contributed by atoms with Crippen molar-refractivity contribution in [3.05, 3.63) is 77.1 Å². The van der Waals surface area contributed by atoms with Gasteiger partial charge in [-0.3, -0.25) is 4.79 Å². The minimum atomic E-state index is -4.00. The number of hydrogen-bond acceptors (Lipinski definition) is 5. The van der Waals surface area contributed by atoms with Gasteiger partial charge in [0, 0.05) is 35.8 Å². The number of carbonyl (C=O) groups is 1. The number of rotatable bonds is 6. The number of aromatic nitrogens is 2. The maximum absolute atomic E-state index is 13.8. The number of hydrogen-bond donors (Lipinski definition) is 2. The van der Waals surface area contributed by atoms with Crippen molar-refractivity contribution in [1.82, 2.24) is 9.55 Å². The van der Waals surface area contributed by atoms with Crippen LogP contribution in [0.5, 0.6) is 0 Å². The van der Waals surface area contributed by atoms with Crippen LogP contribution in [0.15, 0.2) is 53.9 Å². The average molecular weight is 554 g/mol. The van der Waals surface area contributed by atoms with Gasteiger partial charge in [0.05, 0.1) is 33.6 Å². The fourth-order valence-electron chi connectivity index (χ4n) is 5.83. The zero-order valence-electron chi connectivity index (χ0n) is 19.4. The Morgan fingerprint density at radius 2 is 1.78 bits per heavy atom. The number of sulfone groups is 1. The quantitative estimate of drug-likeness (QED) is 0.435. The molecule has 5 rings (SSSR count). The first-order valence-corrected chi connectivity index (χ1v) is 13.6. The summed E-state index contributed by atoms with van der Waals surface area (Å²) >= 11 is 6.28. The third-order valence-corrected chi connectivity index (χ3v) is 10.1. The van der Waals surface area contributed by atoms with E-state index in [1.165, 1.54) is 12.1 Å². The van der Waals surface area contributed by atoms with Crippen molar-refractivity contribution in [2.45, 2.75) is 48.0 Å². The van der Waals surface area contributed by atoms with Gasteiger partial charge in [-0.1, -0.05) is 11.6 Å². The van der Waals surface area contributed by atoms with E-state index in [9.17, 15) is 31.5 Å². The molecule has 2 aromatic carbocycles. The molecule has 3 aromatic rings. The maximum Gasteiger partial charge on any atom is 0.255 e. The molecule has 7 nitrogen and oxygen atoms in total. The second-order valence-electron chi connectivity index (χ2n) is 9.83. The first kappa shape index (κ1) is 25.7. The van der Waals surface area contributed by atoms with Crippen LogP contribution in [0, 0.1) is 29.3 Å². The lowest BCUT2D eigenvalue weighted by Crippen LogP contribution is -2.48. The molecule has 0 radical (unpaired) electrons. The number of nitrogens with zero attached hydrogens (tertiary/aromatic N) is 2. The summed E-state index contributed by atoms with van der Waals surface area (Å²) in [7, 11) is -4.00. The molecule has 37 heavy (non-hydrogen) atoms. The van der Waals surface area contributed by atoms with Gasteiger partial charge in [0.15, 0.2) is 27.3 Å². The van der Waals surface area contributed by atoms with E-state index in [1.54, 1.807) is 23.3 Å². The van der Waals surface area contributed by atoms with Gasteiger partial charge in [-0.2, -0.15) is 0 Å². The van der Waals surface area contributed by atoms with E-state index in [0.717, 1.165) is 6.07 Å². The molecule has 0 spiro atoms. The second kappa shape index (κ2) is 9.45. The summed E-state index contributed by atoms with van der Waals surface area (Å²) in [5, 5.41) is 12.7. The van der Waals surface area contributed by atoms with Crippen molar-refractivity contribution in [1.29, 1.82) is 0 Å². The third-order valence-electron chi connectivity index (χ3n) is 7.26. The van der Waals surface area contributed by atoms with Gasteiger partial charge in [0.2, 0.25) is 0 Å². The molecule has 3 unspecified atom stereocenters. The van der Waals surface area contributed by atoms with Gasteiger partial charge in [0.25, 0.3) is 5.91 Å². The summed E-state index contributed by atoms with van der Waals surface area (Å²) in [6.07, 6.45) is 6.83. The normalized spacial score (nSPS) is 25.3. The van der Waals surface area contributed by atoms with E-state index < -0.39 is 44.0 Å². The lowest BCUT2D eigenvalue weighted by Gasteiger charge is -2.41. The summed E-state index contributed by atoms with van der Waals surface area (Å²) in [5.41, 5.74) is -1.50. The van der Waals surface area contributed by atoms with Crippen molar-refractivity contribution >= 4 is 33.0 Å². The highest BCUT2D eigenvalue weighted by Crippen LogP contribution is 2.51. The van der Waals surface area contributed by atoms with E-state index in [-0.39, 0.29) is 33.0 Å². The molecule has 1 aromatic heterocycles. The number of benzene rings is 2. The topological polar surface area (TPSA) is 101 Å². The zero-order chi connectivity index (χ0) is 26.5. The smallest absolute Gasteiger partial charge is 0.255 e. The fourth-order valence-corrected chi connectivity index (χ4v) is 8.68. The van der Waals surface area contributed by atoms with Crippen LogP contribution >= 0.6 is 11.6 Å². The van der Waals surface area contributed by atoms with Gasteiger partial charge in [0.1, 0.15) is 0 Å². The van der Waals surface area contributed by atoms with Gasteiger partial charge < -0.3 is 15.0 Å². The van der Waals surface area contributed by atoms with E-state index in [1.807, 2.05) is 0 Å². The van der Waals surface area contributed by atoms with Gasteiger partial charge in [-0.15, -0.1) is 0 Å². The molecule has 1 heterocycles. The first-order valence-electron chi connectivity index (χ1n) is 11.6. The van der Waals surface area contributed by atoms with Crippen molar-refractivity contribution < 1.29 is 31.5 Å². The summed E-state index contributed by atoms with van der Waals surface area (Å²) < 4.78 is 69.7. The third kappa shape index (κ3) is 4.87. The van der Waals surface area contributed by atoms with E-state index >= 15 is 0 Å². The molecule has 2 bridgehead atoms. The van der Waals surface area contributed by atoms with Gasteiger partial charge in [-0.25, -0.2) is 26.6 Å². The predicted molar refractivity (Wildman–Crippen MR) is 129 cm³/mol. The van der Waals surface area contributed by atoms with Crippen LogP contribution in [0.2, 0.25) is 5.02 Å². The summed E-state index contributed by atoms with van der Waals surface area (Å²) in [6, 6.07) is 4.93. The number of anilines is 1. The number of nitrogens with one attached hydrogen (secondary N) is 1. The van der Waals surface area contributed by atoms with Crippen LogP contribution < -0.4 is 5.32 Å². The van der Waals surface area contributed by atoms with Crippen LogP contribution in [-0.2, 0) is 16.4 Å². The van der Waals surface area contributed by atoms with Crippen molar-refractivity contribution in [2.24, 2.45) is 11.8 Å². The highest BCUT2D eigenvalue weighted by atomic mass is 35.5. The van der Waals surface area contributed by atoms with E-state index in [2.05, 4.69) is 10.3 Å². The monoisotopic (exact) mass is 553 g/mol. The molecular weight excluding hydrogens is 531 g/mol. The molecule has 2 aliphatic carbocycles. The molecular formula is C25H23ClF3N3O4S. The molecule has 2 N–H and O–H groups in total. The lowest BCUT2D eigenvalue weighted by molar-refractivity contribution is -0.0329. The Balaban J connectivity index is 1.39. The Morgan fingerprint density at radius 1 is 1.14 bits per heavy atom. The molecule has 2 saturated carbocycles. The Bertz CT molecular complexity index is 1430. The molecule has 0 aliphatic heterocycles. The molecule has 1 amide bonds. The van der Waals surface area contributed by atoms with E-state index in [4.69, 9.17) is 11.6 Å². The minimum absolute atomic E-state index is 0.0610. The SMILES string of the molecule is O=C(Nc1cc(F)c(F)c(F)c1)c1ccc(Cl)c(S(=O)(=O)C2C3CC[C@H]2CC(O)(Cn2ccnc2)C3)c1. The molecule has 4 atom stereocenters. The van der Waals surface area contributed by atoms with Crippen LogP contribution in [-0.4, -0.2) is 39.8 Å². The average Bonchev–Trinajstić information content (AvgIpc) is 3.43. The summed E-state index contributed by atoms with van der Waals surface area (Å²) in [5.74, 6) is -6.06. The number of fused-ring (bicyclic) bond motifs is 2. The van der Waals surface area contributed by atoms with Crippen molar-refractivity contribution in [2.75, 3.05) is 5.32 Å². The molecule has 196 valence electrons. The Kier molecular flexibility index (Phi) is 6.57. The van der Waals surface area contributed by atoms with Crippen LogP contribution in [0.3, 0.4) is 0 Å². The zero-order valence-corrected chi connectivity index (χ0v) is 20.9. The molecule has 12 heteroatoms. The lowest BCUT2D eigenvalue weighted by atomic mass is 9.77. The largest absolute Gasteiger partial charge is 0.388 e. The highest BCUT2D eigenvalue weighted by molar-refractivity contribution is 7.92. The van der Waals surface area contributed by atoms with Crippen LogP contribution in [0.1, 0.15) is 36.0 Å². The Hall–Kier alpha value is -2.89. The number of imidazole rings is 1. The molecule has 0 saturated heterocycles. The Morgan fingerprint density at radius 3 is 2.38 bits per heavy atom.